The summed E-state index contributed by atoms with van der Waals surface area (Å²) in [5, 5.41) is 0. The predicted molar refractivity (Wildman–Crippen MR) is 73.3 cm³/mol. The third-order valence-electron chi connectivity index (χ3n) is 3.54. The quantitative estimate of drug-likeness (QED) is 0.675. The van der Waals surface area contributed by atoms with Crippen LogP contribution in [0.3, 0.4) is 0 Å². The number of ketones is 1. The van der Waals surface area contributed by atoms with E-state index in [1.165, 1.54) is 0 Å². The zero-order valence-electron chi connectivity index (χ0n) is 11.6. The van der Waals surface area contributed by atoms with Crippen LogP contribution in [0.5, 0.6) is 0 Å². The van der Waals surface area contributed by atoms with Gasteiger partial charge >= 0.3 is 0 Å². The molecule has 1 unspecified atom stereocenters. The standard InChI is InChI=1S/C15H23NO/c1-6-9-12-13(8-3)16-11(4)15(5,10-7-2)14(12)17/h8-9H,6-7,10H2,1-5H3/b12-9+,13-8+. The number of nitrogens with zero attached hydrogens (tertiary/aromatic N) is 1. The second kappa shape index (κ2) is 5.44. The average molecular weight is 233 g/mol. The van der Waals surface area contributed by atoms with Crippen molar-refractivity contribution in [3.8, 4) is 0 Å². The highest BCUT2D eigenvalue weighted by Gasteiger charge is 2.40. The van der Waals surface area contributed by atoms with Gasteiger partial charge in [-0.05, 0) is 33.6 Å². The molecule has 0 aromatic rings. The van der Waals surface area contributed by atoms with Crippen LogP contribution in [0, 0.1) is 5.41 Å². The summed E-state index contributed by atoms with van der Waals surface area (Å²) in [6, 6.07) is 0. The lowest BCUT2D eigenvalue weighted by molar-refractivity contribution is -0.121. The van der Waals surface area contributed by atoms with Crippen LogP contribution in [-0.4, -0.2) is 11.5 Å². The van der Waals surface area contributed by atoms with Gasteiger partial charge in [0.25, 0.3) is 0 Å². The maximum absolute atomic E-state index is 12.6. The summed E-state index contributed by atoms with van der Waals surface area (Å²) in [6.45, 7) is 10.1. The Hall–Kier alpha value is -1.18. The third kappa shape index (κ3) is 2.41. The van der Waals surface area contributed by atoms with Gasteiger partial charge in [-0.3, -0.25) is 9.79 Å². The molecule has 0 fully saturated rings. The van der Waals surface area contributed by atoms with Gasteiger partial charge in [0.05, 0.1) is 11.1 Å². The number of Topliss-reactive ketones (excluding diaryl/α,β-unsaturated/α-hetero) is 1. The van der Waals surface area contributed by atoms with E-state index in [0.717, 1.165) is 36.2 Å². The van der Waals surface area contributed by atoms with Gasteiger partial charge in [0.1, 0.15) is 0 Å². The van der Waals surface area contributed by atoms with E-state index in [4.69, 9.17) is 0 Å². The van der Waals surface area contributed by atoms with E-state index < -0.39 is 5.41 Å². The molecule has 2 heteroatoms. The van der Waals surface area contributed by atoms with Gasteiger partial charge in [0, 0.05) is 11.3 Å². The fourth-order valence-corrected chi connectivity index (χ4v) is 2.36. The summed E-state index contributed by atoms with van der Waals surface area (Å²) in [4.78, 5) is 17.2. The predicted octanol–water partition coefficient (Wildman–Crippen LogP) is 4.08. The fraction of sp³-hybridized carbons (Fsp3) is 0.600. The van der Waals surface area contributed by atoms with Crippen molar-refractivity contribution in [2.24, 2.45) is 10.4 Å². The van der Waals surface area contributed by atoms with E-state index in [1.54, 1.807) is 0 Å². The molecule has 0 aromatic heterocycles. The Morgan fingerprint density at radius 2 is 2.00 bits per heavy atom. The van der Waals surface area contributed by atoms with Crippen molar-refractivity contribution in [3.63, 3.8) is 0 Å². The van der Waals surface area contributed by atoms with Gasteiger partial charge in [-0.1, -0.05) is 32.4 Å². The SMILES string of the molecule is C/C=C1/N=C(C)C(C)(CCC)C(=O)/C1=C/CC. The molecule has 0 aliphatic carbocycles. The number of aliphatic imine (C=N–C) groups is 1. The summed E-state index contributed by atoms with van der Waals surface area (Å²) >= 11 is 0. The minimum absolute atomic E-state index is 0.238. The topological polar surface area (TPSA) is 29.4 Å². The number of allylic oxidation sites excluding steroid dienone is 3. The lowest BCUT2D eigenvalue weighted by atomic mass is 9.72. The summed E-state index contributed by atoms with van der Waals surface area (Å²) in [5.74, 6) is 0.238. The lowest BCUT2D eigenvalue weighted by Gasteiger charge is -2.33. The van der Waals surface area contributed by atoms with E-state index in [-0.39, 0.29) is 5.78 Å². The average Bonchev–Trinajstić information content (AvgIpc) is 2.31. The first-order chi connectivity index (χ1) is 8.01. The number of hydrogen-bond donors (Lipinski definition) is 0. The summed E-state index contributed by atoms with van der Waals surface area (Å²) in [5.41, 5.74) is 2.19. The Morgan fingerprint density at radius 3 is 2.47 bits per heavy atom. The molecule has 0 spiro atoms. The van der Waals surface area contributed by atoms with E-state index in [2.05, 4.69) is 18.8 Å². The first-order valence-corrected chi connectivity index (χ1v) is 6.48. The first kappa shape index (κ1) is 13.9. The smallest absolute Gasteiger partial charge is 0.176 e. The van der Waals surface area contributed by atoms with Crippen molar-refractivity contribution >= 4 is 11.5 Å². The highest BCUT2D eigenvalue weighted by molar-refractivity contribution is 6.19. The molecule has 0 amide bonds. The van der Waals surface area contributed by atoms with Crippen molar-refractivity contribution in [1.82, 2.24) is 0 Å². The zero-order valence-corrected chi connectivity index (χ0v) is 11.6. The minimum Gasteiger partial charge on any atom is -0.293 e. The highest BCUT2D eigenvalue weighted by Crippen LogP contribution is 2.37. The molecule has 94 valence electrons. The van der Waals surface area contributed by atoms with Crippen LogP contribution < -0.4 is 0 Å². The van der Waals surface area contributed by atoms with Gasteiger partial charge < -0.3 is 0 Å². The van der Waals surface area contributed by atoms with E-state index in [0.29, 0.717) is 0 Å². The Kier molecular flexibility index (Phi) is 4.44. The molecule has 2 nitrogen and oxygen atoms in total. The maximum Gasteiger partial charge on any atom is 0.176 e. The number of carbonyl (C=O) groups is 1. The molecule has 0 N–H and O–H groups in total. The second-order valence-corrected chi connectivity index (χ2v) is 4.81. The molecular formula is C15H23NO. The normalized spacial score (nSPS) is 29.9. The number of rotatable bonds is 3. The Balaban J connectivity index is 3.32. The van der Waals surface area contributed by atoms with Crippen molar-refractivity contribution in [2.75, 3.05) is 0 Å². The minimum atomic E-state index is -0.401. The van der Waals surface area contributed by atoms with Gasteiger partial charge in [-0.15, -0.1) is 0 Å². The number of hydrogen-bond acceptors (Lipinski definition) is 2. The molecule has 1 heterocycles. The second-order valence-electron chi connectivity index (χ2n) is 4.81. The molecule has 1 aliphatic rings. The molecule has 1 rings (SSSR count). The lowest BCUT2D eigenvalue weighted by Crippen LogP contribution is -2.39. The van der Waals surface area contributed by atoms with Crippen molar-refractivity contribution < 1.29 is 4.79 Å². The van der Waals surface area contributed by atoms with Crippen molar-refractivity contribution in [2.45, 2.75) is 53.9 Å². The van der Waals surface area contributed by atoms with Crippen LogP contribution >= 0.6 is 0 Å². The monoisotopic (exact) mass is 233 g/mol. The van der Waals surface area contributed by atoms with Crippen LogP contribution in [0.4, 0.5) is 0 Å². The van der Waals surface area contributed by atoms with Gasteiger partial charge in [-0.25, -0.2) is 0 Å². The first-order valence-electron chi connectivity index (χ1n) is 6.48. The maximum atomic E-state index is 12.6. The highest BCUT2D eigenvalue weighted by atomic mass is 16.1. The van der Waals surface area contributed by atoms with Crippen LogP contribution in [-0.2, 0) is 4.79 Å². The molecule has 17 heavy (non-hydrogen) atoms. The Morgan fingerprint density at radius 1 is 1.35 bits per heavy atom. The van der Waals surface area contributed by atoms with Crippen molar-refractivity contribution in [1.29, 1.82) is 0 Å². The zero-order chi connectivity index (χ0) is 13.1. The van der Waals surface area contributed by atoms with E-state index in [1.807, 2.05) is 32.9 Å². The van der Waals surface area contributed by atoms with Crippen LogP contribution in [0.2, 0.25) is 0 Å². The molecule has 1 aliphatic heterocycles. The Bertz CT molecular complexity index is 401. The molecule has 0 saturated carbocycles. The van der Waals surface area contributed by atoms with Crippen molar-refractivity contribution in [3.05, 3.63) is 23.4 Å². The van der Waals surface area contributed by atoms with Crippen LogP contribution in [0.15, 0.2) is 28.4 Å². The molecule has 0 bridgehead atoms. The fourth-order valence-electron chi connectivity index (χ4n) is 2.36. The third-order valence-corrected chi connectivity index (χ3v) is 3.54. The molecule has 1 atom stereocenters. The van der Waals surface area contributed by atoms with E-state index in [9.17, 15) is 4.79 Å². The molecule has 0 radical (unpaired) electrons. The molecule has 0 aromatic carbocycles. The summed E-state index contributed by atoms with van der Waals surface area (Å²) in [6.07, 6.45) is 6.67. The summed E-state index contributed by atoms with van der Waals surface area (Å²) in [7, 11) is 0. The van der Waals surface area contributed by atoms with E-state index >= 15 is 0 Å². The van der Waals surface area contributed by atoms with Crippen LogP contribution in [0.1, 0.15) is 53.9 Å². The Labute approximate surface area is 105 Å². The molecule has 0 saturated heterocycles. The van der Waals surface area contributed by atoms with Gasteiger partial charge in [0.15, 0.2) is 5.78 Å². The van der Waals surface area contributed by atoms with Gasteiger partial charge in [-0.2, -0.15) is 0 Å². The molecular weight excluding hydrogens is 210 g/mol. The number of carbonyl (C=O) groups excluding carboxylic acids is 1. The summed E-state index contributed by atoms with van der Waals surface area (Å²) < 4.78 is 0. The van der Waals surface area contributed by atoms with Crippen LogP contribution in [0.25, 0.3) is 0 Å². The van der Waals surface area contributed by atoms with Gasteiger partial charge in [0.2, 0.25) is 0 Å². The largest absolute Gasteiger partial charge is 0.293 e.